The van der Waals surface area contributed by atoms with Crippen molar-refractivity contribution in [3.8, 4) is 11.5 Å². The van der Waals surface area contributed by atoms with Gasteiger partial charge in [0.05, 0.1) is 0 Å². The second-order valence-corrected chi connectivity index (χ2v) is 6.86. The first-order valence-electron chi connectivity index (χ1n) is 10.2. The van der Waals surface area contributed by atoms with Gasteiger partial charge in [0.1, 0.15) is 11.5 Å². The van der Waals surface area contributed by atoms with Crippen molar-refractivity contribution in [3.05, 3.63) is 60.7 Å². The van der Waals surface area contributed by atoms with E-state index in [2.05, 4.69) is 17.6 Å². The molecule has 0 saturated carbocycles. The fourth-order valence-electron chi connectivity index (χ4n) is 2.91. The van der Waals surface area contributed by atoms with Gasteiger partial charge in [0, 0.05) is 13.1 Å². The monoisotopic (exact) mass is 398 g/mol. The number of hydrogen-bond donors (Lipinski definition) is 2. The third-order valence-corrected chi connectivity index (χ3v) is 4.47. The van der Waals surface area contributed by atoms with E-state index in [-0.39, 0.29) is 0 Å². The summed E-state index contributed by atoms with van der Waals surface area (Å²) >= 11 is 0. The average Bonchev–Trinajstić information content (AvgIpc) is 2.74. The molecule has 2 N–H and O–H groups in total. The van der Waals surface area contributed by atoms with Gasteiger partial charge in [0.2, 0.25) is 0 Å². The van der Waals surface area contributed by atoms with Crippen LogP contribution in [0.2, 0.25) is 0 Å². The minimum Gasteiger partial charge on any atom is -0.410 e. The van der Waals surface area contributed by atoms with Gasteiger partial charge in [-0.1, -0.05) is 56.2 Å². The number of carbonyl (C=O) groups excluding carboxylic acids is 2. The lowest BCUT2D eigenvalue weighted by Crippen LogP contribution is -2.32. The molecule has 0 aliphatic heterocycles. The molecule has 0 spiro atoms. The minimum atomic E-state index is -0.453. The van der Waals surface area contributed by atoms with E-state index in [9.17, 15) is 9.59 Å². The Hall–Kier alpha value is -3.02. The van der Waals surface area contributed by atoms with Gasteiger partial charge in [-0.05, 0) is 49.4 Å². The highest BCUT2D eigenvalue weighted by atomic mass is 16.6. The molecule has 29 heavy (non-hydrogen) atoms. The lowest BCUT2D eigenvalue weighted by Gasteiger charge is -2.17. The predicted octanol–water partition coefficient (Wildman–Crippen LogP) is 5.15. The molecule has 1 unspecified atom stereocenters. The first-order chi connectivity index (χ1) is 14.2. The summed E-state index contributed by atoms with van der Waals surface area (Å²) in [4.78, 5) is 23.8. The molecule has 2 aromatic carbocycles. The smallest absolute Gasteiger partial charge is 0.410 e. The lowest BCUT2D eigenvalue weighted by molar-refractivity contribution is 0.197. The van der Waals surface area contributed by atoms with Crippen molar-refractivity contribution in [2.45, 2.75) is 39.0 Å². The third kappa shape index (κ3) is 9.65. The van der Waals surface area contributed by atoms with Crippen LogP contribution in [0.25, 0.3) is 0 Å². The topological polar surface area (TPSA) is 76.7 Å². The number of benzene rings is 2. The molecule has 2 amide bonds. The van der Waals surface area contributed by atoms with E-state index in [1.807, 2.05) is 36.4 Å². The van der Waals surface area contributed by atoms with Gasteiger partial charge in [0.15, 0.2) is 0 Å². The zero-order valence-corrected chi connectivity index (χ0v) is 16.9. The van der Waals surface area contributed by atoms with E-state index in [1.54, 1.807) is 24.3 Å². The molecule has 0 heterocycles. The van der Waals surface area contributed by atoms with Gasteiger partial charge in [-0.25, -0.2) is 9.59 Å². The van der Waals surface area contributed by atoms with Gasteiger partial charge in [-0.3, -0.25) is 0 Å². The second kappa shape index (κ2) is 13.2. The molecule has 156 valence electrons. The Kier molecular flexibility index (Phi) is 10.1. The van der Waals surface area contributed by atoms with E-state index < -0.39 is 12.2 Å². The van der Waals surface area contributed by atoms with Gasteiger partial charge in [-0.15, -0.1) is 0 Å². The first-order valence-corrected chi connectivity index (χ1v) is 10.2. The highest BCUT2D eigenvalue weighted by Gasteiger charge is 2.12. The summed E-state index contributed by atoms with van der Waals surface area (Å²) < 4.78 is 10.5. The van der Waals surface area contributed by atoms with Gasteiger partial charge >= 0.3 is 12.2 Å². The van der Waals surface area contributed by atoms with Crippen LogP contribution in [-0.4, -0.2) is 25.3 Å². The molecule has 0 bridgehead atoms. The molecule has 0 fully saturated rings. The summed E-state index contributed by atoms with van der Waals surface area (Å²) in [5.74, 6) is 1.38. The molecule has 0 radical (unpaired) electrons. The number of hydrogen-bond acceptors (Lipinski definition) is 4. The second-order valence-electron chi connectivity index (χ2n) is 6.86. The number of para-hydroxylation sites is 2. The van der Waals surface area contributed by atoms with Gasteiger partial charge < -0.3 is 20.1 Å². The number of carbonyl (C=O) groups is 2. The predicted molar refractivity (Wildman–Crippen MR) is 113 cm³/mol. The maximum absolute atomic E-state index is 12.0. The molecular formula is C23H30N2O4. The van der Waals surface area contributed by atoms with E-state index >= 15 is 0 Å². The van der Waals surface area contributed by atoms with Crippen LogP contribution in [0, 0.1) is 5.92 Å². The zero-order chi connectivity index (χ0) is 20.7. The SMILES string of the molecule is CCCCC(CCCNC(=O)Oc1ccccc1)CNC(=O)Oc1ccccc1. The number of ether oxygens (including phenoxy) is 2. The van der Waals surface area contributed by atoms with Crippen LogP contribution in [0.4, 0.5) is 9.59 Å². The van der Waals surface area contributed by atoms with Crippen molar-refractivity contribution in [2.24, 2.45) is 5.92 Å². The lowest BCUT2D eigenvalue weighted by atomic mass is 9.97. The van der Waals surface area contributed by atoms with Crippen LogP contribution >= 0.6 is 0 Å². The maximum atomic E-state index is 12.0. The Balaban J connectivity index is 1.66. The molecule has 1 atom stereocenters. The van der Waals surface area contributed by atoms with E-state index in [0.29, 0.717) is 30.5 Å². The van der Waals surface area contributed by atoms with Crippen molar-refractivity contribution < 1.29 is 19.1 Å². The van der Waals surface area contributed by atoms with Gasteiger partial charge in [0.25, 0.3) is 0 Å². The van der Waals surface area contributed by atoms with Crippen molar-refractivity contribution >= 4 is 12.2 Å². The van der Waals surface area contributed by atoms with Crippen LogP contribution in [0.1, 0.15) is 39.0 Å². The van der Waals surface area contributed by atoms with Crippen molar-refractivity contribution in [1.82, 2.24) is 10.6 Å². The Morgan fingerprint density at radius 2 is 1.31 bits per heavy atom. The Bertz CT molecular complexity index is 722. The molecule has 2 rings (SSSR count). The van der Waals surface area contributed by atoms with Crippen LogP contribution in [0.5, 0.6) is 11.5 Å². The number of nitrogens with one attached hydrogen (secondary N) is 2. The molecule has 0 saturated heterocycles. The summed E-state index contributed by atoms with van der Waals surface area (Å²) in [6.07, 6.45) is 4.05. The molecule has 0 aromatic heterocycles. The van der Waals surface area contributed by atoms with E-state index in [1.165, 1.54) is 0 Å². The van der Waals surface area contributed by atoms with E-state index in [0.717, 1.165) is 32.1 Å². The summed E-state index contributed by atoms with van der Waals surface area (Å²) in [5.41, 5.74) is 0. The summed E-state index contributed by atoms with van der Waals surface area (Å²) in [5, 5.41) is 5.62. The van der Waals surface area contributed by atoms with Crippen molar-refractivity contribution in [2.75, 3.05) is 13.1 Å². The largest absolute Gasteiger partial charge is 0.412 e. The number of amides is 2. The summed E-state index contributed by atoms with van der Waals surface area (Å²) in [6.45, 7) is 3.23. The van der Waals surface area contributed by atoms with Crippen LogP contribution in [0.3, 0.4) is 0 Å². The standard InChI is InChI=1S/C23H30N2O4/c1-2-3-11-19(18-25-23(27)29-21-15-8-5-9-16-21)12-10-17-24-22(26)28-20-13-6-4-7-14-20/h4-9,13-16,19H,2-3,10-12,17-18H2,1H3,(H,24,26)(H,25,27). The Morgan fingerprint density at radius 1 is 0.793 bits per heavy atom. The molecular weight excluding hydrogens is 368 g/mol. The molecule has 2 aromatic rings. The van der Waals surface area contributed by atoms with Crippen LogP contribution in [-0.2, 0) is 0 Å². The molecule has 0 aliphatic rings. The Morgan fingerprint density at radius 3 is 1.86 bits per heavy atom. The molecule has 0 aliphatic carbocycles. The Labute approximate surface area is 172 Å². The third-order valence-electron chi connectivity index (χ3n) is 4.47. The number of rotatable bonds is 11. The number of unbranched alkanes of at least 4 members (excludes halogenated alkanes) is 1. The first kappa shape index (κ1) is 22.3. The fourth-order valence-corrected chi connectivity index (χ4v) is 2.91. The van der Waals surface area contributed by atoms with Crippen molar-refractivity contribution in [3.63, 3.8) is 0 Å². The fraction of sp³-hybridized carbons (Fsp3) is 0.391. The van der Waals surface area contributed by atoms with Crippen LogP contribution in [0.15, 0.2) is 60.7 Å². The minimum absolute atomic E-state index is 0.338. The van der Waals surface area contributed by atoms with E-state index in [4.69, 9.17) is 9.47 Å². The van der Waals surface area contributed by atoms with Crippen molar-refractivity contribution in [1.29, 1.82) is 0 Å². The normalized spacial score (nSPS) is 11.3. The highest BCUT2D eigenvalue weighted by molar-refractivity contribution is 5.70. The summed E-state index contributed by atoms with van der Waals surface area (Å²) in [6, 6.07) is 18.0. The molecule has 6 heteroatoms. The van der Waals surface area contributed by atoms with Crippen LogP contribution < -0.4 is 20.1 Å². The quantitative estimate of drug-likeness (QED) is 0.513. The summed E-state index contributed by atoms with van der Waals surface area (Å²) in [7, 11) is 0. The molecule has 6 nitrogen and oxygen atoms in total. The highest BCUT2D eigenvalue weighted by Crippen LogP contribution is 2.15. The average molecular weight is 399 g/mol. The van der Waals surface area contributed by atoms with Gasteiger partial charge in [-0.2, -0.15) is 0 Å². The maximum Gasteiger partial charge on any atom is 0.412 e. The zero-order valence-electron chi connectivity index (χ0n) is 16.9.